The van der Waals surface area contributed by atoms with Gasteiger partial charge in [-0.25, -0.2) is 4.98 Å². The molecule has 1 heterocycles. The Balaban J connectivity index is 2.29. The van der Waals surface area contributed by atoms with Gasteiger partial charge in [-0.15, -0.1) is 0 Å². The van der Waals surface area contributed by atoms with Crippen LogP contribution in [0.15, 0.2) is 34.9 Å². The van der Waals surface area contributed by atoms with Crippen molar-refractivity contribution in [1.29, 1.82) is 0 Å². The van der Waals surface area contributed by atoms with E-state index in [1.807, 2.05) is 0 Å². The number of ether oxygens (including phenoxy) is 1. The van der Waals surface area contributed by atoms with Crippen molar-refractivity contribution >= 4 is 27.3 Å². The van der Waals surface area contributed by atoms with E-state index >= 15 is 0 Å². The van der Waals surface area contributed by atoms with Crippen molar-refractivity contribution in [2.24, 2.45) is 0 Å². The molecule has 0 saturated heterocycles. The predicted octanol–water partition coefficient (Wildman–Crippen LogP) is 3.44. The van der Waals surface area contributed by atoms with Crippen LogP contribution in [0.2, 0.25) is 0 Å². The van der Waals surface area contributed by atoms with Crippen molar-refractivity contribution in [3.05, 3.63) is 50.6 Å². The summed E-state index contributed by atoms with van der Waals surface area (Å²) >= 11 is 3.29. The normalized spacial score (nSPS) is 10.2. The van der Waals surface area contributed by atoms with Crippen molar-refractivity contribution in [3.8, 4) is 11.6 Å². The lowest BCUT2D eigenvalue weighted by Crippen LogP contribution is -1.94. The van der Waals surface area contributed by atoms with Gasteiger partial charge in [-0.2, -0.15) is 0 Å². The number of aromatic nitrogens is 1. The first kappa shape index (κ1) is 13.3. The van der Waals surface area contributed by atoms with E-state index in [4.69, 9.17) is 10.5 Å². The number of hydrogen-bond donors (Lipinski definition) is 1. The molecule has 2 aromatic rings. The van der Waals surface area contributed by atoms with Gasteiger partial charge in [-0.1, -0.05) is 0 Å². The molecule has 0 saturated carbocycles. The number of nitro benzene ring substituents is 1. The van der Waals surface area contributed by atoms with Crippen molar-refractivity contribution < 1.29 is 9.66 Å². The molecule has 0 spiro atoms. The number of aryl methyl sites for hydroxylation is 1. The molecule has 98 valence electrons. The predicted molar refractivity (Wildman–Crippen MR) is 74.3 cm³/mol. The second-order valence-corrected chi connectivity index (χ2v) is 4.72. The van der Waals surface area contributed by atoms with Gasteiger partial charge >= 0.3 is 0 Å². The number of nitro groups is 1. The van der Waals surface area contributed by atoms with Crippen LogP contribution in [-0.4, -0.2) is 9.91 Å². The zero-order valence-corrected chi connectivity index (χ0v) is 11.5. The molecule has 2 rings (SSSR count). The molecule has 1 aromatic carbocycles. The van der Waals surface area contributed by atoms with Gasteiger partial charge in [0, 0.05) is 11.6 Å². The minimum Gasteiger partial charge on any atom is -0.438 e. The van der Waals surface area contributed by atoms with Crippen molar-refractivity contribution in [3.63, 3.8) is 0 Å². The maximum Gasteiger partial charge on any atom is 0.272 e. The zero-order valence-electron chi connectivity index (χ0n) is 9.96. The number of benzene rings is 1. The summed E-state index contributed by atoms with van der Waals surface area (Å²) in [4.78, 5) is 14.3. The van der Waals surface area contributed by atoms with Gasteiger partial charge in [-0.05, 0) is 41.1 Å². The van der Waals surface area contributed by atoms with E-state index in [1.54, 1.807) is 19.1 Å². The molecule has 0 unspecified atom stereocenters. The van der Waals surface area contributed by atoms with Gasteiger partial charge in [0.15, 0.2) is 0 Å². The third-order valence-electron chi connectivity index (χ3n) is 2.41. The lowest BCUT2D eigenvalue weighted by molar-refractivity contribution is -0.385. The van der Waals surface area contributed by atoms with Gasteiger partial charge < -0.3 is 10.5 Å². The fourth-order valence-corrected chi connectivity index (χ4v) is 1.97. The molecule has 19 heavy (non-hydrogen) atoms. The molecular formula is C12H10BrN3O3. The smallest absolute Gasteiger partial charge is 0.272 e. The highest BCUT2D eigenvalue weighted by Crippen LogP contribution is 2.30. The average molecular weight is 324 g/mol. The Morgan fingerprint density at radius 2 is 2.16 bits per heavy atom. The number of pyridine rings is 1. The molecule has 0 aliphatic heterocycles. The second-order valence-electron chi connectivity index (χ2n) is 3.86. The Morgan fingerprint density at radius 3 is 2.74 bits per heavy atom. The second kappa shape index (κ2) is 5.23. The van der Waals surface area contributed by atoms with Crippen molar-refractivity contribution in [1.82, 2.24) is 4.98 Å². The van der Waals surface area contributed by atoms with Gasteiger partial charge in [0.25, 0.3) is 5.69 Å². The van der Waals surface area contributed by atoms with Gasteiger partial charge in [0.1, 0.15) is 5.75 Å². The van der Waals surface area contributed by atoms with Crippen LogP contribution in [0.1, 0.15) is 5.56 Å². The molecule has 2 N–H and O–H groups in total. The number of nitrogen functional groups attached to an aromatic ring is 1. The Morgan fingerprint density at radius 1 is 1.42 bits per heavy atom. The molecule has 0 bridgehead atoms. The highest BCUT2D eigenvalue weighted by Gasteiger charge is 2.12. The fourth-order valence-electron chi connectivity index (χ4n) is 1.52. The van der Waals surface area contributed by atoms with Crippen LogP contribution in [0.3, 0.4) is 0 Å². The Kier molecular flexibility index (Phi) is 3.66. The number of halogens is 1. The van der Waals surface area contributed by atoms with Crippen molar-refractivity contribution in [2.75, 3.05) is 5.73 Å². The first-order chi connectivity index (χ1) is 8.97. The Bertz CT molecular complexity index is 646. The SMILES string of the molecule is Cc1cc(Oc2ncc(N)cc2Br)ccc1[N+](=O)[O-]. The van der Waals surface area contributed by atoms with E-state index in [0.29, 0.717) is 27.4 Å². The minimum absolute atomic E-state index is 0.0525. The summed E-state index contributed by atoms with van der Waals surface area (Å²) in [7, 11) is 0. The quantitative estimate of drug-likeness (QED) is 0.690. The van der Waals surface area contributed by atoms with Gasteiger partial charge in [-0.3, -0.25) is 10.1 Å². The number of rotatable bonds is 3. The highest BCUT2D eigenvalue weighted by atomic mass is 79.9. The Labute approximate surface area is 117 Å². The van der Waals surface area contributed by atoms with Gasteiger partial charge in [0.05, 0.1) is 21.3 Å². The fraction of sp³-hybridized carbons (Fsp3) is 0.0833. The molecule has 1 aromatic heterocycles. The standard InChI is InChI=1S/C12H10BrN3O3/c1-7-4-9(2-3-11(7)16(17)18)19-12-10(13)5-8(14)6-15-12/h2-6H,14H2,1H3. The van der Waals surface area contributed by atoms with Crippen LogP contribution in [0, 0.1) is 17.0 Å². The van der Waals surface area contributed by atoms with E-state index in [1.165, 1.54) is 18.3 Å². The lowest BCUT2D eigenvalue weighted by Gasteiger charge is -2.07. The topological polar surface area (TPSA) is 91.3 Å². The third-order valence-corrected chi connectivity index (χ3v) is 2.98. The monoisotopic (exact) mass is 323 g/mol. The lowest BCUT2D eigenvalue weighted by atomic mass is 10.2. The number of anilines is 1. The summed E-state index contributed by atoms with van der Waals surface area (Å²) in [6.07, 6.45) is 1.47. The first-order valence-electron chi connectivity index (χ1n) is 5.31. The molecule has 0 aliphatic carbocycles. The number of nitrogens with two attached hydrogens (primary N) is 1. The maximum absolute atomic E-state index is 10.7. The summed E-state index contributed by atoms with van der Waals surface area (Å²) < 4.78 is 6.16. The molecule has 0 atom stereocenters. The number of nitrogens with zero attached hydrogens (tertiary/aromatic N) is 2. The summed E-state index contributed by atoms with van der Waals surface area (Å²) in [5.74, 6) is 0.823. The summed E-state index contributed by atoms with van der Waals surface area (Å²) in [6, 6.07) is 6.18. The van der Waals surface area contributed by atoms with E-state index in [2.05, 4.69) is 20.9 Å². The summed E-state index contributed by atoms with van der Waals surface area (Å²) in [5.41, 5.74) is 6.66. The van der Waals surface area contributed by atoms with Crippen LogP contribution < -0.4 is 10.5 Å². The number of hydrogen-bond acceptors (Lipinski definition) is 5. The Hall–Kier alpha value is -2.15. The van der Waals surface area contributed by atoms with Crippen LogP contribution in [0.4, 0.5) is 11.4 Å². The molecule has 7 heteroatoms. The molecule has 0 radical (unpaired) electrons. The van der Waals surface area contributed by atoms with Crippen LogP contribution in [-0.2, 0) is 0 Å². The van der Waals surface area contributed by atoms with E-state index in [9.17, 15) is 10.1 Å². The largest absolute Gasteiger partial charge is 0.438 e. The molecule has 0 aliphatic rings. The van der Waals surface area contributed by atoms with E-state index in [-0.39, 0.29) is 5.69 Å². The molecule has 6 nitrogen and oxygen atoms in total. The zero-order chi connectivity index (χ0) is 14.0. The highest BCUT2D eigenvalue weighted by molar-refractivity contribution is 9.10. The molecule has 0 amide bonds. The van der Waals surface area contributed by atoms with Gasteiger partial charge in [0.2, 0.25) is 5.88 Å². The van der Waals surface area contributed by atoms with E-state index < -0.39 is 4.92 Å². The van der Waals surface area contributed by atoms with Crippen molar-refractivity contribution in [2.45, 2.75) is 6.92 Å². The van der Waals surface area contributed by atoms with Crippen LogP contribution in [0.25, 0.3) is 0 Å². The van der Waals surface area contributed by atoms with Crippen LogP contribution >= 0.6 is 15.9 Å². The maximum atomic E-state index is 10.7. The van der Waals surface area contributed by atoms with E-state index in [0.717, 1.165) is 0 Å². The summed E-state index contributed by atoms with van der Waals surface area (Å²) in [6.45, 7) is 1.65. The summed E-state index contributed by atoms with van der Waals surface area (Å²) in [5, 5.41) is 10.7. The molecular weight excluding hydrogens is 314 g/mol. The average Bonchev–Trinajstić information content (AvgIpc) is 2.32. The third kappa shape index (κ3) is 3.00. The molecule has 0 fully saturated rings. The minimum atomic E-state index is -0.434. The first-order valence-corrected chi connectivity index (χ1v) is 6.10. The van der Waals surface area contributed by atoms with Crippen LogP contribution in [0.5, 0.6) is 11.6 Å².